The molecule has 1 aliphatic carbocycles. The zero-order chi connectivity index (χ0) is 13.3. The first-order valence-electron chi connectivity index (χ1n) is 6.10. The summed E-state index contributed by atoms with van der Waals surface area (Å²) >= 11 is 0. The molecule has 0 aromatic carbocycles. The van der Waals surface area contributed by atoms with Crippen molar-refractivity contribution in [2.75, 3.05) is 19.7 Å². The normalized spacial score (nSPS) is 32.1. The zero-order valence-corrected chi connectivity index (χ0v) is 9.95. The summed E-state index contributed by atoms with van der Waals surface area (Å²) in [7, 11) is 0. The highest BCUT2D eigenvalue weighted by atomic mass is 16.4. The lowest BCUT2D eigenvalue weighted by atomic mass is 10.00. The summed E-state index contributed by atoms with van der Waals surface area (Å²) in [6.45, 7) is 0.366. The van der Waals surface area contributed by atoms with Crippen LogP contribution in [0.3, 0.4) is 0 Å². The van der Waals surface area contributed by atoms with Crippen molar-refractivity contribution in [2.45, 2.75) is 25.0 Å². The Labute approximate surface area is 104 Å². The van der Waals surface area contributed by atoms with Crippen LogP contribution in [0.2, 0.25) is 0 Å². The third-order valence-electron chi connectivity index (χ3n) is 3.88. The molecule has 2 aliphatic rings. The summed E-state index contributed by atoms with van der Waals surface area (Å²) < 4.78 is 0. The lowest BCUT2D eigenvalue weighted by Crippen LogP contribution is -2.49. The Morgan fingerprint density at radius 3 is 2.61 bits per heavy atom. The van der Waals surface area contributed by atoms with Gasteiger partial charge in [0.1, 0.15) is 0 Å². The summed E-state index contributed by atoms with van der Waals surface area (Å²) in [5.74, 6) is -0.846. The van der Waals surface area contributed by atoms with Gasteiger partial charge in [0.15, 0.2) is 6.04 Å². The summed E-state index contributed by atoms with van der Waals surface area (Å²) in [6.07, 6.45) is 1.32. The van der Waals surface area contributed by atoms with Gasteiger partial charge in [0.2, 0.25) is 0 Å². The number of likely N-dealkylation sites (tertiary alicyclic amines) is 1. The quantitative estimate of drug-likeness (QED) is 0.510. The molecule has 7 nitrogen and oxygen atoms in total. The average molecular weight is 258 g/mol. The number of carbonyl (C=O) groups is 2. The van der Waals surface area contributed by atoms with Crippen molar-refractivity contribution in [3.63, 3.8) is 0 Å². The maximum absolute atomic E-state index is 11.8. The van der Waals surface area contributed by atoms with E-state index < -0.39 is 24.6 Å². The Morgan fingerprint density at radius 2 is 2.06 bits per heavy atom. The van der Waals surface area contributed by atoms with E-state index in [2.05, 4.69) is 5.32 Å². The third kappa shape index (κ3) is 2.41. The number of rotatable bonds is 3. The fraction of sp³-hybridized carbons (Fsp3) is 0.818. The molecular weight excluding hydrogens is 240 g/mol. The van der Waals surface area contributed by atoms with Crippen molar-refractivity contribution < 1.29 is 24.9 Å². The maximum atomic E-state index is 11.8. The first-order chi connectivity index (χ1) is 8.52. The minimum atomic E-state index is -1.28. The number of aliphatic hydroxyl groups is 2. The molecule has 7 heteroatoms. The second kappa shape index (κ2) is 5.11. The highest BCUT2D eigenvalue weighted by molar-refractivity contribution is 5.82. The fourth-order valence-electron chi connectivity index (χ4n) is 2.83. The molecule has 102 valence electrons. The molecule has 3 unspecified atom stereocenters. The van der Waals surface area contributed by atoms with E-state index in [0.29, 0.717) is 19.0 Å². The topological polar surface area (TPSA) is 110 Å². The van der Waals surface area contributed by atoms with Gasteiger partial charge in [-0.3, -0.25) is 0 Å². The number of nitrogens with zero attached hydrogens (tertiary/aromatic N) is 1. The van der Waals surface area contributed by atoms with E-state index in [1.807, 2.05) is 0 Å². The molecule has 0 aromatic rings. The minimum Gasteiger partial charge on any atom is -0.480 e. The second-order valence-corrected chi connectivity index (χ2v) is 5.00. The van der Waals surface area contributed by atoms with E-state index in [9.17, 15) is 14.7 Å². The van der Waals surface area contributed by atoms with E-state index in [1.165, 1.54) is 4.90 Å². The second-order valence-electron chi connectivity index (χ2n) is 5.00. The van der Waals surface area contributed by atoms with E-state index in [0.717, 1.165) is 12.8 Å². The molecule has 4 N–H and O–H groups in total. The zero-order valence-electron chi connectivity index (χ0n) is 9.95. The average Bonchev–Trinajstić information content (AvgIpc) is 2.88. The van der Waals surface area contributed by atoms with Crippen LogP contribution >= 0.6 is 0 Å². The molecule has 0 radical (unpaired) electrons. The highest BCUT2D eigenvalue weighted by Gasteiger charge is 2.43. The van der Waals surface area contributed by atoms with E-state index in [4.69, 9.17) is 10.2 Å². The van der Waals surface area contributed by atoms with Crippen LogP contribution in [-0.2, 0) is 4.79 Å². The molecular formula is C11H18N2O5. The van der Waals surface area contributed by atoms with Crippen molar-refractivity contribution in [2.24, 2.45) is 11.8 Å². The first-order valence-corrected chi connectivity index (χ1v) is 6.10. The Morgan fingerprint density at radius 1 is 1.33 bits per heavy atom. The van der Waals surface area contributed by atoms with Gasteiger partial charge in [0, 0.05) is 19.0 Å². The molecule has 0 aromatic heterocycles. The number of nitrogens with one attached hydrogen (secondary N) is 1. The molecule has 1 heterocycles. The third-order valence-corrected chi connectivity index (χ3v) is 3.88. The van der Waals surface area contributed by atoms with Crippen LogP contribution in [0.15, 0.2) is 0 Å². The molecule has 1 saturated heterocycles. The summed E-state index contributed by atoms with van der Waals surface area (Å²) in [5, 5.41) is 29.6. The van der Waals surface area contributed by atoms with E-state index in [-0.39, 0.29) is 12.0 Å². The van der Waals surface area contributed by atoms with Gasteiger partial charge in [-0.25, -0.2) is 9.59 Å². The Bertz CT molecular complexity index is 348. The van der Waals surface area contributed by atoms with E-state index >= 15 is 0 Å². The monoisotopic (exact) mass is 258 g/mol. The number of carboxylic acids is 1. The number of carboxylic acid groups (broad SMARTS) is 1. The predicted octanol–water partition coefficient (Wildman–Crippen LogP) is -1.16. The molecule has 0 bridgehead atoms. The van der Waals surface area contributed by atoms with Crippen molar-refractivity contribution in [3.8, 4) is 0 Å². The number of urea groups is 1. The minimum absolute atomic E-state index is 0.105. The number of aliphatic hydroxyl groups excluding tert-OH is 2. The van der Waals surface area contributed by atoms with Gasteiger partial charge in [-0.15, -0.1) is 0 Å². The predicted molar refractivity (Wildman–Crippen MR) is 60.8 cm³/mol. The highest BCUT2D eigenvalue weighted by Crippen LogP contribution is 2.37. The van der Waals surface area contributed by atoms with Crippen molar-refractivity contribution >= 4 is 12.0 Å². The molecule has 2 amide bonds. The van der Waals surface area contributed by atoms with Crippen molar-refractivity contribution in [3.05, 3.63) is 0 Å². The van der Waals surface area contributed by atoms with Crippen LogP contribution in [-0.4, -0.2) is 64.1 Å². The molecule has 1 aliphatic heterocycles. The number of amides is 2. The van der Waals surface area contributed by atoms with Crippen LogP contribution in [0, 0.1) is 11.8 Å². The van der Waals surface area contributed by atoms with Gasteiger partial charge >= 0.3 is 12.0 Å². The summed E-state index contributed by atoms with van der Waals surface area (Å²) in [4.78, 5) is 24.0. The van der Waals surface area contributed by atoms with Crippen LogP contribution in [0.1, 0.15) is 12.8 Å². The van der Waals surface area contributed by atoms with Gasteiger partial charge < -0.3 is 25.5 Å². The van der Waals surface area contributed by atoms with Crippen LogP contribution in [0.25, 0.3) is 0 Å². The number of aliphatic carboxylic acids is 1. The van der Waals surface area contributed by atoms with Crippen LogP contribution < -0.4 is 5.32 Å². The number of carbonyl (C=O) groups excluding carboxylic acids is 1. The molecule has 2 fully saturated rings. The smallest absolute Gasteiger partial charge is 0.328 e. The first kappa shape index (κ1) is 13.1. The molecule has 18 heavy (non-hydrogen) atoms. The van der Waals surface area contributed by atoms with Crippen LogP contribution in [0.5, 0.6) is 0 Å². The van der Waals surface area contributed by atoms with Crippen molar-refractivity contribution in [1.29, 1.82) is 0 Å². The molecule has 1 saturated carbocycles. The summed E-state index contributed by atoms with van der Waals surface area (Å²) in [5.41, 5.74) is 0. The standard InChI is InChI=1S/C11H18N2O5/c14-5-8(10(16)17)12-11(18)13-3-6-1-2-9(15)7(6)4-13/h6-9,14-15H,1-5H2,(H,12,18)(H,16,17)/t6?,7?,8-,9?/m1/s1. The number of hydrogen-bond donors (Lipinski definition) is 4. The lowest BCUT2D eigenvalue weighted by Gasteiger charge is -2.21. The van der Waals surface area contributed by atoms with Gasteiger partial charge in [-0.1, -0.05) is 0 Å². The van der Waals surface area contributed by atoms with Crippen molar-refractivity contribution in [1.82, 2.24) is 10.2 Å². The van der Waals surface area contributed by atoms with Gasteiger partial charge in [0.05, 0.1) is 12.7 Å². The lowest BCUT2D eigenvalue weighted by molar-refractivity contribution is -0.140. The van der Waals surface area contributed by atoms with Gasteiger partial charge in [-0.2, -0.15) is 0 Å². The summed E-state index contributed by atoms with van der Waals surface area (Å²) in [6, 6.07) is -1.76. The van der Waals surface area contributed by atoms with Gasteiger partial charge in [-0.05, 0) is 18.8 Å². The van der Waals surface area contributed by atoms with Gasteiger partial charge in [0.25, 0.3) is 0 Å². The molecule has 4 atom stereocenters. The Hall–Kier alpha value is -1.34. The molecule has 0 spiro atoms. The number of hydrogen-bond acceptors (Lipinski definition) is 4. The number of fused-ring (bicyclic) bond motifs is 1. The SMILES string of the molecule is O=C(O)[C@@H](CO)NC(=O)N1CC2CCC(O)C2C1. The largest absolute Gasteiger partial charge is 0.480 e. The molecule has 2 rings (SSSR count). The Kier molecular flexibility index (Phi) is 3.72. The van der Waals surface area contributed by atoms with E-state index in [1.54, 1.807) is 0 Å². The maximum Gasteiger partial charge on any atom is 0.328 e. The van der Waals surface area contributed by atoms with Crippen LogP contribution in [0.4, 0.5) is 4.79 Å². The fourth-order valence-corrected chi connectivity index (χ4v) is 2.83. The Balaban J connectivity index is 1.90.